The minimum absolute atomic E-state index is 0.0500. The number of aromatic nitrogens is 4. The van der Waals surface area contributed by atoms with Crippen LogP contribution in [-0.4, -0.2) is 90.8 Å². The molecule has 0 atom stereocenters. The van der Waals surface area contributed by atoms with E-state index in [9.17, 15) is 13.2 Å². The zero-order valence-electron chi connectivity index (χ0n) is 18.0. The van der Waals surface area contributed by atoms with Crippen molar-refractivity contribution in [2.75, 3.05) is 57.7 Å². The first-order valence-corrected chi connectivity index (χ1v) is 13.1. The number of nitrogens with zero attached hydrogens (tertiary/aromatic N) is 5. The molecule has 1 amide bonds. The van der Waals surface area contributed by atoms with E-state index in [1.165, 1.54) is 22.3 Å². The van der Waals surface area contributed by atoms with Crippen molar-refractivity contribution in [3.8, 4) is 0 Å². The molecule has 3 rings (SSSR count). The van der Waals surface area contributed by atoms with Gasteiger partial charge in [-0.05, 0) is 19.1 Å². The van der Waals surface area contributed by atoms with Gasteiger partial charge in [0, 0.05) is 39.2 Å². The number of fused-ring (bicyclic) bond motifs is 1. The van der Waals surface area contributed by atoms with Gasteiger partial charge in [-0.2, -0.15) is 5.10 Å². The lowest BCUT2D eigenvalue weighted by atomic mass is 9.97. The number of hydrogen-bond donors (Lipinski definition) is 2. The Bertz CT molecular complexity index is 1000. The third-order valence-electron chi connectivity index (χ3n) is 5.17. The summed E-state index contributed by atoms with van der Waals surface area (Å²) in [7, 11) is -1.55. The van der Waals surface area contributed by atoms with Crippen molar-refractivity contribution < 1.29 is 17.9 Å². The molecule has 1 aliphatic rings. The number of piperidine rings is 1. The zero-order chi connectivity index (χ0) is 22.4. The molecule has 0 bridgehead atoms. The number of amides is 1. The van der Waals surface area contributed by atoms with E-state index in [4.69, 9.17) is 4.74 Å². The van der Waals surface area contributed by atoms with Crippen LogP contribution in [0.4, 0.5) is 5.82 Å². The Kier molecular flexibility index (Phi) is 8.08. The number of carbonyl (C=O) groups is 1. The second kappa shape index (κ2) is 10.6. The van der Waals surface area contributed by atoms with E-state index in [-0.39, 0.29) is 11.8 Å². The minimum atomic E-state index is -3.20. The van der Waals surface area contributed by atoms with Crippen LogP contribution in [0.25, 0.3) is 11.0 Å². The number of methoxy groups -OCH3 is 1. The van der Waals surface area contributed by atoms with Crippen LogP contribution < -0.4 is 10.6 Å². The maximum atomic E-state index is 12.5. The number of anilines is 1. The van der Waals surface area contributed by atoms with E-state index < -0.39 is 10.0 Å². The molecule has 0 aliphatic carbocycles. The standard InChI is InChI=1S/C18H29N7O4S2/c1-29-11-7-19-15-14-12-21-25(16(14)23-18(22-15)30-2)10-6-20-17(26)13-4-8-24(9-5-13)31(3,27)28/h12-13H,4-11H2,1-3H3,(H,20,26)(H,19,22,23). The summed E-state index contributed by atoms with van der Waals surface area (Å²) in [6, 6.07) is 0. The summed E-state index contributed by atoms with van der Waals surface area (Å²) in [5, 5.41) is 12.1. The Balaban J connectivity index is 1.58. The molecule has 0 spiro atoms. The highest BCUT2D eigenvalue weighted by molar-refractivity contribution is 7.98. The molecule has 0 aromatic carbocycles. The van der Waals surface area contributed by atoms with Crippen molar-refractivity contribution in [1.82, 2.24) is 29.4 Å². The molecule has 13 heteroatoms. The molecular formula is C18H29N7O4S2. The molecule has 0 radical (unpaired) electrons. The molecule has 172 valence electrons. The Labute approximate surface area is 186 Å². The summed E-state index contributed by atoms with van der Waals surface area (Å²) in [5.41, 5.74) is 0.704. The highest BCUT2D eigenvalue weighted by atomic mass is 32.2. The van der Waals surface area contributed by atoms with Gasteiger partial charge >= 0.3 is 0 Å². The Hall–Kier alpha value is -1.96. The molecule has 1 aliphatic heterocycles. The fourth-order valence-corrected chi connectivity index (χ4v) is 4.71. The number of sulfonamides is 1. The second-order valence-corrected chi connectivity index (χ2v) is 10.1. The Morgan fingerprint density at radius 2 is 2.03 bits per heavy atom. The highest BCUT2D eigenvalue weighted by Gasteiger charge is 2.28. The van der Waals surface area contributed by atoms with Gasteiger partial charge in [0.05, 0.1) is 31.0 Å². The number of hydrogen-bond acceptors (Lipinski definition) is 9. The average Bonchev–Trinajstić information content (AvgIpc) is 3.16. The predicted octanol–water partition coefficient (Wildman–Crippen LogP) is 0.394. The van der Waals surface area contributed by atoms with Crippen LogP contribution in [0.2, 0.25) is 0 Å². The third-order valence-corrected chi connectivity index (χ3v) is 7.02. The summed E-state index contributed by atoms with van der Waals surface area (Å²) in [5.74, 6) is 0.486. The van der Waals surface area contributed by atoms with Crippen LogP contribution in [-0.2, 0) is 26.1 Å². The van der Waals surface area contributed by atoms with Gasteiger partial charge in [0.2, 0.25) is 15.9 Å². The van der Waals surface area contributed by atoms with Crippen LogP contribution in [0.5, 0.6) is 0 Å². The quantitative estimate of drug-likeness (QED) is 0.287. The van der Waals surface area contributed by atoms with Gasteiger partial charge in [0.15, 0.2) is 10.8 Å². The first-order chi connectivity index (χ1) is 14.8. The normalized spacial score (nSPS) is 16.0. The van der Waals surface area contributed by atoms with Crippen molar-refractivity contribution in [3.05, 3.63) is 6.20 Å². The number of thioether (sulfide) groups is 1. The smallest absolute Gasteiger partial charge is 0.223 e. The molecule has 0 unspecified atom stereocenters. The molecule has 2 aromatic rings. The number of ether oxygens (including phenoxy) is 1. The predicted molar refractivity (Wildman–Crippen MR) is 120 cm³/mol. The van der Waals surface area contributed by atoms with Crippen molar-refractivity contribution in [2.45, 2.75) is 24.5 Å². The fraction of sp³-hybridized carbons (Fsp3) is 0.667. The van der Waals surface area contributed by atoms with Gasteiger partial charge in [0.1, 0.15) is 5.82 Å². The summed E-state index contributed by atoms with van der Waals surface area (Å²) >= 11 is 1.45. The van der Waals surface area contributed by atoms with E-state index in [1.54, 1.807) is 18.0 Å². The van der Waals surface area contributed by atoms with E-state index in [1.807, 2.05) is 6.26 Å². The summed E-state index contributed by atoms with van der Waals surface area (Å²) in [4.78, 5) is 21.6. The molecule has 11 nitrogen and oxygen atoms in total. The Morgan fingerprint density at radius 3 is 2.68 bits per heavy atom. The summed E-state index contributed by atoms with van der Waals surface area (Å²) in [6.07, 6.45) is 5.90. The van der Waals surface area contributed by atoms with Crippen LogP contribution in [0, 0.1) is 5.92 Å². The zero-order valence-corrected chi connectivity index (χ0v) is 19.6. The molecule has 0 saturated carbocycles. The lowest BCUT2D eigenvalue weighted by molar-refractivity contribution is -0.126. The highest BCUT2D eigenvalue weighted by Crippen LogP contribution is 2.23. The van der Waals surface area contributed by atoms with Crippen LogP contribution in [0.1, 0.15) is 12.8 Å². The van der Waals surface area contributed by atoms with Gasteiger partial charge in [-0.15, -0.1) is 0 Å². The molecule has 1 fully saturated rings. The molecule has 3 heterocycles. The Morgan fingerprint density at radius 1 is 1.29 bits per heavy atom. The van der Waals surface area contributed by atoms with Crippen LogP contribution >= 0.6 is 11.8 Å². The van der Waals surface area contributed by atoms with Crippen molar-refractivity contribution in [2.24, 2.45) is 5.92 Å². The SMILES string of the molecule is COCCNc1nc(SC)nc2c1cnn2CCNC(=O)C1CCN(S(C)(=O)=O)CC1. The fourth-order valence-electron chi connectivity index (χ4n) is 3.48. The largest absolute Gasteiger partial charge is 0.383 e. The van der Waals surface area contributed by atoms with Crippen LogP contribution in [0.15, 0.2) is 11.4 Å². The molecule has 31 heavy (non-hydrogen) atoms. The average molecular weight is 472 g/mol. The lowest BCUT2D eigenvalue weighted by Crippen LogP contribution is -2.43. The van der Waals surface area contributed by atoms with E-state index in [0.29, 0.717) is 68.8 Å². The summed E-state index contributed by atoms with van der Waals surface area (Å²) in [6.45, 7) is 2.83. The molecule has 2 aromatic heterocycles. The number of rotatable bonds is 10. The molecule has 1 saturated heterocycles. The summed E-state index contributed by atoms with van der Waals surface area (Å²) < 4.78 is 31.5. The van der Waals surface area contributed by atoms with Crippen molar-refractivity contribution in [3.63, 3.8) is 0 Å². The first-order valence-electron chi connectivity index (χ1n) is 10.1. The van der Waals surface area contributed by atoms with Gasteiger partial charge in [0.25, 0.3) is 0 Å². The van der Waals surface area contributed by atoms with Gasteiger partial charge in [-0.1, -0.05) is 11.8 Å². The lowest BCUT2D eigenvalue weighted by Gasteiger charge is -2.29. The van der Waals surface area contributed by atoms with E-state index >= 15 is 0 Å². The van der Waals surface area contributed by atoms with Crippen molar-refractivity contribution in [1.29, 1.82) is 0 Å². The monoisotopic (exact) mass is 471 g/mol. The molecule has 2 N–H and O–H groups in total. The first kappa shape index (κ1) is 23.7. The second-order valence-electron chi connectivity index (χ2n) is 7.31. The van der Waals surface area contributed by atoms with E-state index in [0.717, 1.165) is 5.39 Å². The van der Waals surface area contributed by atoms with Crippen molar-refractivity contribution >= 4 is 44.5 Å². The van der Waals surface area contributed by atoms with Gasteiger partial charge in [-0.3, -0.25) is 4.79 Å². The van der Waals surface area contributed by atoms with Gasteiger partial charge < -0.3 is 15.4 Å². The van der Waals surface area contributed by atoms with E-state index in [2.05, 4.69) is 25.7 Å². The minimum Gasteiger partial charge on any atom is -0.383 e. The third kappa shape index (κ3) is 6.05. The number of carbonyl (C=O) groups excluding carboxylic acids is 1. The maximum absolute atomic E-state index is 12.5. The van der Waals surface area contributed by atoms with Gasteiger partial charge in [-0.25, -0.2) is 27.4 Å². The maximum Gasteiger partial charge on any atom is 0.223 e. The number of nitrogens with one attached hydrogen (secondary N) is 2. The van der Waals surface area contributed by atoms with Crippen LogP contribution in [0.3, 0.4) is 0 Å². The molecular weight excluding hydrogens is 442 g/mol. The topological polar surface area (TPSA) is 131 Å².